The van der Waals surface area contributed by atoms with Gasteiger partial charge in [0.1, 0.15) is 23.0 Å². The van der Waals surface area contributed by atoms with Crippen molar-refractivity contribution >= 4 is 56.8 Å². The molecule has 2 aliphatic heterocycles. The van der Waals surface area contributed by atoms with Crippen LogP contribution in [0.3, 0.4) is 0 Å². The van der Waals surface area contributed by atoms with Gasteiger partial charge in [0.05, 0.1) is 21.4 Å². The van der Waals surface area contributed by atoms with E-state index >= 15 is 0 Å². The maximum absolute atomic E-state index is 6.78. The van der Waals surface area contributed by atoms with E-state index in [9.17, 15) is 0 Å². The first-order valence-electron chi connectivity index (χ1n) is 10.5. The molecular formula is C22H22ClN7S. The molecule has 0 bridgehead atoms. The number of hydrogen-bond acceptors (Lipinski definition) is 7. The molecule has 0 aliphatic carbocycles. The van der Waals surface area contributed by atoms with Gasteiger partial charge in [-0.2, -0.15) is 0 Å². The first-order chi connectivity index (χ1) is 15.1. The fourth-order valence-electron chi connectivity index (χ4n) is 4.58. The van der Waals surface area contributed by atoms with E-state index in [2.05, 4.69) is 38.2 Å². The fourth-order valence-corrected chi connectivity index (χ4v) is 5.81. The second kappa shape index (κ2) is 7.25. The van der Waals surface area contributed by atoms with E-state index in [1.807, 2.05) is 18.2 Å². The van der Waals surface area contributed by atoms with Gasteiger partial charge >= 0.3 is 0 Å². The van der Waals surface area contributed by atoms with Gasteiger partial charge in [-0.05, 0) is 30.7 Å². The van der Waals surface area contributed by atoms with Crippen molar-refractivity contribution < 1.29 is 0 Å². The van der Waals surface area contributed by atoms with Crippen molar-refractivity contribution in [3.63, 3.8) is 0 Å². The topological polar surface area (TPSA) is 95.8 Å². The molecule has 31 heavy (non-hydrogen) atoms. The van der Waals surface area contributed by atoms with Crippen molar-refractivity contribution in [2.75, 3.05) is 30.3 Å². The van der Waals surface area contributed by atoms with E-state index in [4.69, 9.17) is 22.3 Å². The third-order valence-corrected chi connectivity index (χ3v) is 7.67. The number of aromatic amines is 1. The van der Waals surface area contributed by atoms with Crippen LogP contribution in [-0.2, 0) is 6.42 Å². The predicted molar refractivity (Wildman–Crippen MR) is 126 cm³/mol. The maximum Gasteiger partial charge on any atom is 0.140 e. The van der Waals surface area contributed by atoms with E-state index in [-0.39, 0.29) is 0 Å². The summed E-state index contributed by atoms with van der Waals surface area (Å²) in [5, 5.41) is 7.14. The number of hydrogen-bond donors (Lipinski definition) is 3. The molecule has 7 nitrogen and oxygen atoms in total. The minimum Gasteiger partial charge on any atom is -0.383 e. The molecule has 9 heteroatoms. The number of H-pyrrole nitrogens is 1. The molecule has 5 heterocycles. The van der Waals surface area contributed by atoms with Crippen LogP contribution in [0.2, 0.25) is 5.02 Å². The Morgan fingerprint density at radius 3 is 2.90 bits per heavy atom. The number of rotatable bonds is 4. The standard InChI is InChI=1S/C22H22ClN7S/c1-2-14-20(23)19-16(28-14)6-18(29-22(19)30-8-11-7-25-17(11)9-30)31-12-3-4-13-15(5-12)26-10-27-21(13)24/h3-6,10-11,17,25,28H,2,7-9H2,1H3,(H2,24,26,27). The zero-order valence-corrected chi connectivity index (χ0v) is 18.6. The van der Waals surface area contributed by atoms with Gasteiger partial charge < -0.3 is 20.9 Å². The highest BCUT2D eigenvalue weighted by molar-refractivity contribution is 7.99. The Labute approximate surface area is 188 Å². The van der Waals surface area contributed by atoms with Gasteiger partial charge in [-0.3, -0.25) is 0 Å². The third kappa shape index (κ3) is 3.12. The summed E-state index contributed by atoms with van der Waals surface area (Å²) in [5.41, 5.74) is 8.89. The smallest absolute Gasteiger partial charge is 0.140 e. The molecule has 0 amide bonds. The second-order valence-electron chi connectivity index (χ2n) is 8.20. The molecule has 0 radical (unpaired) electrons. The van der Waals surface area contributed by atoms with Crippen LogP contribution in [0.1, 0.15) is 12.6 Å². The Balaban J connectivity index is 1.43. The van der Waals surface area contributed by atoms with Gasteiger partial charge in [-0.15, -0.1) is 0 Å². The Hall–Kier alpha value is -2.55. The summed E-state index contributed by atoms with van der Waals surface area (Å²) in [6.45, 7) is 5.18. The largest absolute Gasteiger partial charge is 0.383 e. The fraction of sp³-hybridized carbons (Fsp3) is 0.318. The highest BCUT2D eigenvalue weighted by Gasteiger charge is 2.40. The van der Waals surface area contributed by atoms with Crippen LogP contribution in [0.15, 0.2) is 40.5 Å². The van der Waals surface area contributed by atoms with Crippen molar-refractivity contribution in [1.82, 2.24) is 25.3 Å². The zero-order chi connectivity index (χ0) is 21.1. The number of pyridine rings is 1. The van der Waals surface area contributed by atoms with Crippen LogP contribution in [-0.4, -0.2) is 45.6 Å². The quantitative estimate of drug-likeness (QED) is 0.433. The van der Waals surface area contributed by atoms with Crippen LogP contribution in [0.4, 0.5) is 11.6 Å². The molecule has 2 atom stereocenters. The SMILES string of the molecule is CCc1[nH]c2cc(Sc3ccc4c(N)ncnc4c3)nc(N3CC4CNC4C3)c2c1Cl. The molecule has 1 aromatic carbocycles. The lowest BCUT2D eigenvalue weighted by atomic mass is 9.96. The maximum atomic E-state index is 6.78. The Kier molecular flexibility index (Phi) is 4.48. The first kappa shape index (κ1) is 19.2. The lowest BCUT2D eigenvalue weighted by Gasteiger charge is -2.29. The van der Waals surface area contributed by atoms with E-state index < -0.39 is 0 Å². The predicted octanol–water partition coefficient (Wildman–Crippen LogP) is 3.86. The van der Waals surface area contributed by atoms with E-state index in [0.29, 0.717) is 17.8 Å². The van der Waals surface area contributed by atoms with E-state index in [1.165, 1.54) is 6.33 Å². The normalized spacial score (nSPS) is 20.4. The Morgan fingerprint density at radius 2 is 2.16 bits per heavy atom. The van der Waals surface area contributed by atoms with Gasteiger partial charge in [0.15, 0.2) is 0 Å². The lowest BCUT2D eigenvalue weighted by molar-refractivity contribution is 0.297. The molecule has 0 spiro atoms. The molecule has 2 unspecified atom stereocenters. The number of nitrogen functional groups attached to an aromatic ring is 1. The molecule has 4 aromatic rings. The number of aromatic nitrogens is 4. The van der Waals surface area contributed by atoms with Gasteiger partial charge in [-0.25, -0.2) is 15.0 Å². The highest BCUT2D eigenvalue weighted by Crippen LogP contribution is 2.40. The molecule has 2 saturated heterocycles. The van der Waals surface area contributed by atoms with E-state index in [0.717, 1.165) is 74.3 Å². The minimum atomic E-state index is 0.494. The highest BCUT2D eigenvalue weighted by atomic mass is 35.5. The van der Waals surface area contributed by atoms with Crippen molar-refractivity contribution in [2.24, 2.45) is 5.92 Å². The molecule has 2 fully saturated rings. The Morgan fingerprint density at radius 1 is 1.26 bits per heavy atom. The second-order valence-corrected chi connectivity index (χ2v) is 9.67. The van der Waals surface area contributed by atoms with Crippen molar-refractivity contribution in [1.29, 1.82) is 0 Å². The molecule has 3 aromatic heterocycles. The number of aryl methyl sites for hydroxylation is 1. The third-order valence-electron chi connectivity index (χ3n) is 6.34. The molecule has 6 rings (SSSR count). The summed E-state index contributed by atoms with van der Waals surface area (Å²) in [6, 6.07) is 8.69. The number of nitrogens with one attached hydrogen (secondary N) is 2. The number of benzene rings is 1. The summed E-state index contributed by atoms with van der Waals surface area (Å²) in [7, 11) is 0. The van der Waals surface area contributed by atoms with Gasteiger partial charge in [0.2, 0.25) is 0 Å². The first-order valence-corrected chi connectivity index (χ1v) is 11.7. The van der Waals surface area contributed by atoms with Crippen LogP contribution in [0.25, 0.3) is 21.8 Å². The number of fused-ring (bicyclic) bond motifs is 3. The van der Waals surface area contributed by atoms with Crippen LogP contribution >= 0.6 is 23.4 Å². The summed E-state index contributed by atoms with van der Waals surface area (Å²) in [6.07, 6.45) is 2.35. The molecule has 2 aliphatic rings. The van der Waals surface area contributed by atoms with Crippen LogP contribution < -0.4 is 16.0 Å². The molecule has 0 saturated carbocycles. The summed E-state index contributed by atoms with van der Waals surface area (Å²) in [4.78, 5) is 20.5. The number of anilines is 2. The average Bonchev–Trinajstić information content (AvgIpc) is 3.23. The zero-order valence-electron chi connectivity index (χ0n) is 17.0. The minimum absolute atomic E-state index is 0.494. The van der Waals surface area contributed by atoms with Crippen LogP contribution in [0.5, 0.6) is 0 Å². The molecule has 4 N–H and O–H groups in total. The lowest BCUT2D eigenvalue weighted by Crippen LogP contribution is -2.51. The summed E-state index contributed by atoms with van der Waals surface area (Å²) >= 11 is 8.39. The van der Waals surface area contributed by atoms with Gasteiger partial charge in [0, 0.05) is 47.6 Å². The van der Waals surface area contributed by atoms with Crippen LogP contribution in [0, 0.1) is 5.92 Å². The summed E-state index contributed by atoms with van der Waals surface area (Å²) in [5.74, 6) is 2.17. The monoisotopic (exact) mass is 451 g/mol. The van der Waals surface area contributed by atoms with Crippen molar-refractivity contribution in [3.8, 4) is 0 Å². The average molecular weight is 452 g/mol. The Bertz CT molecular complexity index is 1310. The molecule has 158 valence electrons. The van der Waals surface area contributed by atoms with Gasteiger partial charge in [0.25, 0.3) is 0 Å². The van der Waals surface area contributed by atoms with E-state index in [1.54, 1.807) is 11.8 Å². The number of nitrogens with zero attached hydrogens (tertiary/aromatic N) is 4. The van der Waals surface area contributed by atoms with Gasteiger partial charge in [-0.1, -0.05) is 30.3 Å². The molecular weight excluding hydrogens is 430 g/mol. The number of halogens is 1. The number of nitrogens with two attached hydrogens (primary N) is 1. The summed E-state index contributed by atoms with van der Waals surface area (Å²) < 4.78 is 0. The van der Waals surface area contributed by atoms with Crippen molar-refractivity contribution in [3.05, 3.63) is 41.3 Å². The van der Waals surface area contributed by atoms with Crippen molar-refractivity contribution in [2.45, 2.75) is 29.3 Å².